The second kappa shape index (κ2) is 5.83. The van der Waals surface area contributed by atoms with Gasteiger partial charge in [-0.25, -0.2) is 9.97 Å². The van der Waals surface area contributed by atoms with Gasteiger partial charge < -0.3 is 0 Å². The molecule has 1 saturated carbocycles. The molecule has 0 spiro atoms. The number of rotatable bonds is 3. The first-order valence-electron chi connectivity index (χ1n) is 6.29. The minimum Gasteiger partial charge on any atom is -0.236 e. The maximum absolute atomic E-state index is 6.22. The molecular weight excluding hydrogens is 347 g/mol. The number of hydrogen-bond donors (Lipinski definition) is 0. The summed E-state index contributed by atoms with van der Waals surface area (Å²) in [5.41, 5.74) is 1.19. The van der Waals surface area contributed by atoms with Gasteiger partial charge in [0.1, 0.15) is 11.0 Å². The highest BCUT2D eigenvalue weighted by molar-refractivity contribution is 14.1. The van der Waals surface area contributed by atoms with Crippen molar-refractivity contribution in [3.63, 3.8) is 0 Å². The van der Waals surface area contributed by atoms with Gasteiger partial charge in [-0.05, 0) is 41.4 Å². The monoisotopic (exact) mass is 364 g/mol. The van der Waals surface area contributed by atoms with Crippen LogP contribution in [0.1, 0.15) is 57.0 Å². The molecule has 2 rings (SSSR count). The highest BCUT2D eigenvalue weighted by Crippen LogP contribution is 2.36. The Morgan fingerprint density at radius 1 is 1.29 bits per heavy atom. The van der Waals surface area contributed by atoms with Crippen LogP contribution < -0.4 is 0 Å². The van der Waals surface area contributed by atoms with E-state index in [9.17, 15) is 0 Å². The van der Waals surface area contributed by atoms with E-state index in [0.29, 0.717) is 17.0 Å². The Morgan fingerprint density at radius 2 is 1.94 bits per heavy atom. The van der Waals surface area contributed by atoms with E-state index in [0.717, 1.165) is 15.8 Å². The summed E-state index contributed by atoms with van der Waals surface area (Å²) in [6.07, 6.45) is 6.06. The van der Waals surface area contributed by atoms with Gasteiger partial charge in [0, 0.05) is 12.3 Å². The normalized spacial score (nSPS) is 17.0. The Labute approximate surface area is 122 Å². The molecular formula is C13H18ClIN2. The molecule has 1 aliphatic carbocycles. The summed E-state index contributed by atoms with van der Waals surface area (Å²) in [5, 5.41) is 0.637. The van der Waals surface area contributed by atoms with Crippen molar-refractivity contribution >= 4 is 34.2 Å². The lowest BCUT2D eigenvalue weighted by atomic mass is 10.0. The highest BCUT2D eigenvalue weighted by atomic mass is 127. The first-order chi connectivity index (χ1) is 8.08. The van der Waals surface area contributed by atoms with Crippen LogP contribution in [0.15, 0.2) is 0 Å². The third-order valence-electron chi connectivity index (χ3n) is 3.22. The summed E-state index contributed by atoms with van der Waals surface area (Å²) in [7, 11) is 0. The first-order valence-corrected chi connectivity index (χ1v) is 7.75. The van der Waals surface area contributed by atoms with Crippen LogP contribution in [0.3, 0.4) is 0 Å². The summed E-state index contributed by atoms with van der Waals surface area (Å²) in [5.74, 6) is 2.09. The molecule has 94 valence electrons. The number of aromatic nitrogens is 2. The molecule has 0 bridgehead atoms. The van der Waals surface area contributed by atoms with Gasteiger partial charge in [-0.15, -0.1) is 0 Å². The van der Waals surface area contributed by atoms with E-state index in [1.54, 1.807) is 0 Å². The van der Waals surface area contributed by atoms with Gasteiger partial charge >= 0.3 is 0 Å². The van der Waals surface area contributed by atoms with Gasteiger partial charge in [0.05, 0.1) is 9.26 Å². The molecule has 0 N–H and O–H groups in total. The Kier molecular flexibility index (Phi) is 4.64. The van der Waals surface area contributed by atoms with E-state index in [1.807, 2.05) is 0 Å². The van der Waals surface area contributed by atoms with Gasteiger partial charge in [-0.2, -0.15) is 0 Å². The quantitative estimate of drug-likeness (QED) is 0.579. The van der Waals surface area contributed by atoms with Crippen molar-refractivity contribution in [1.29, 1.82) is 0 Å². The van der Waals surface area contributed by atoms with Gasteiger partial charge in [-0.3, -0.25) is 0 Å². The highest BCUT2D eigenvalue weighted by Gasteiger charge is 2.23. The zero-order valence-corrected chi connectivity index (χ0v) is 13.3. The third-order valence-corrected chi connectivity index (χ3v) is 4.87. The summed E-state index contributed by atoms with van der Waals surface area (Å²) in [4.78, 5) is 9.14. The predicted molar refractivity (Wildman–Crippen MR) is 79.5 cm³/mol. The van der Waals surface area contributed by atoms with E-state index in [1.165, 1.54) is 31.4 Å². The molecule has 1 heterocycles. The SMILES string of the molecule is CC(C)Cc1nc(Cl)c(I)c(C2CCCC2)n1. The molecule has 17 heavy (non-hydrogen) atoms. The molecule has 0 unspecified atom stereocenters. The number of nitrogens with zero attached hydrogens (tertiary/aromatic N) is 2. The molecule has 0 saturated heterocycles. The van der Waals surface area contributed by atoms with Gasteiger partial charge in [0.15, 0.2) is 0 Å². The van der Waals surface area contributed by atoms with Crippen molar-refractivity contribution in [3.8, 4) is 0 Å². The molecule has 2 nitrogen and oxygen atoms in total. The van der Waals surface area contributed by atoms with Crippen molar-refractivity contribution < 1.29 is 0 Å². The van der Waals surface area contributed by atoms with Crippen LogP contribution in [0.25, 0.3) is 0 Å². The molecule has 0 amide bonds. The molecule has 1 fully saturated rings. The lowest BCUT2D eigenvalue weighted by molar-refractivity contribution is 0.605. The number of halogens is 2. The Morgan fingerprint density at radius 3 is 2.53 bits per heavy atom. The van der Waals surface area contributed by atoms with Crippen LogP contribution >= 0.6 is 34.2 Å². The Hall–Kier alpha value is 0.1000. The Balaban J connectivity index is 2.32. The van der Waals surface area contributed by atoms with Crippen LogP contribution in [0, 0.1) is 9.49 Å². The fourth-order valence-electron chi connectivity index (χ4n) is 2.41. The number of hydrogen-bond acceptors (Lipinski definition) is 2. The van der Waals surface area contributed by atoms with Crippen LogP contribution in [0.5, 0.6) is 0 Å². The van der Waals surface area contributed by atoms with Crippen molar-refractivity contribution in [2.24, 2.45) is 5.92 Å². The van der Waals surface area contributed by atoms with E-state index >= 15 is 0 Å². The second-order valence-corrected chi connectivity index (χ2v) is 6.65. The molecule has 0 radical (unpaired) electrons. The van der Waals surface area contributed by atoms with Gasteiger partial charge in [-0.1, -0.05) is 38.3 Å². The van der Waals surface area contributed by atoms with Crippen LogP contribution in [0.2, 0.25) is 5.15 Å². The second-order valence-electron chi connectivity index (χ2n) is 5.21. The van der Waals surface area contributed by atoms with Crippen LogP contribution in [-0.2, 0) is 6.42 Å². The van der Waals surface area contributed by atoms with Crippen LogP contribution in [-0.4, -0.2) is 9.97 Å². The molecule has 0 atom stereocenters. The van der Waals surface area contributed by atoms with Crippen molar-refractivity contribution in [2.75, 3.05) is 0 Å². The molecule has 0 aliphatic heterocycles. The maximum atomic E-state index is 6.22. The van der Waals surface area contributed by atoms with E-state index in [2.05, 4.69) is 41.4 Å². The molecule has 0 aromatic carbocycles. The summed E-state index contributed by atoms with van der Waals surface area (Å²) in [6, 6.07) is 0. The first kappa shape index (κ1) is 13.5. The summed E-state index contributed by atoms with van der Waals surface area (Å²) in [6.45, 7) is 4.37. The fourth-order valence-corrected chi connectivity index (χ4v) is 3.28. The zero-order valence-electron chi connectivity index (χ0n) is 10.3. The Bertz CT molecular complexity index is 401. The predicted octanol–water partition coefficient (Wildman–Crippen LogP) is 4.59. The van der Waals surface area contributed by atoms with Gasteiger partial charge in [0.2, 0.25) is 0 Å². The zero-order chi connectivity index (χ0) is 12.4. The molecule has 1 aromatic rings. The van der Waals surface area contributed by atoms with Crippen molar-refractivity contribution in [2.45, 2.75) is 51.9 Å². The molecule has 4 heteroatoms. The van der Waals surface area contributed by atoms with Crippen LogP contribution in [0.4, 0.5) is 0 Å². The topological polar surface area (TPSA) is 25.8 Å². The van der Waals surface area contributed by atoms with Crippen molar-refractivity contribution in [1.82, 2.24) is 9.97 Å². The van der Waals surface area contributed by atoms with Crippen molar-refractivity contribution in [3.05, 3.63) is 20.2 Å². The average Bonchev–Trinajstić information content (AvgIpc) is 2.75. The maximum Gasteiger partial charge on any atom is 0.146 e. The lowest BCUT2D eigenvalue weighted by Gasteiger charge is -2.14. The fraction of sp³-hybridized carbons (Fsp3) is 0.692. The standard InChI is InChI=1S/C13H18ClIN2/c1-8(2)7-10-16-12(9-5-3-4-6-9)11(15)13(14)17-10/h8-9H,3-7H2,1-2H3. The van der Waals surface area contributed by atoms with E-state index in [4.69, 9.17) is 16.6 Å². The van der Waals surface area contributed by atoms with Gasteiger partial charge in [0.25, 0.3) is 0 Å². The largest absolute Gasteiger partial charge is 0.236 e. The lowest BCUT2D eigenvalue weighted by Crippen LogP contribution is -2.08. The average molecular weight is 365 g/mol. The van der Waals surface area contributed by atoms with E-state index in [-0.39, 0.29) is 0 Å². The summed E-state index contributed by atoms with van der Waals surface area (Å²) >= 11 is 8.51. The minimum absolute atomic E-state index is 0.572. The van der Waals surface area contributed by atoms with E-state index < -0.39 is 0 Å². The smallest absolute Gasteiger partial charge is 0.146 e. The third kappa shape index (κ3) is 3.31. The molecule has 1 aliphatic rings. The molecule has 1 aromatic heterocycles. The minimum atomic E-state index is 0.572. The summed E-state index contributed by atoms with van der Waals surface area (Å²) < 4.78 is 1.06.